The maximum atomic E-state index is 11.4. The molecular formula is C12H8Cl3NOS. The zero-order valence-corrected chi connectivity index (χ0v) is 12.2. The van der Waals surface area contributed by atoms with Gasteiger partial charge in [-0.2, -0.15) is 0 Å². The number of halogens is 3. The maximum Gasteiger partial charge on any atom is 0.196 e. The molecule has 2 aromatic rings. The summed E-state index contributed by atoms with van der Waals surface area (Å²) in [6, 6.07) is 5.35. The minimum atomic E-state index is -0.176. The lowest BCUT2D eigenvalue weighted by Crippen LogP contribution is -2.01. The summed E-state index contributed by atoms with van der Waals surface area (Å²) in [5, 5.41) is 3.69. The molecule has 0 fully saturated rings. The van der Waals surface area contributed by atoms with E-state index in [1.807, 2.05) is 0 Å². The number of carbonyl (C=O) groups excluding carboxylic acids is 1. The van der Waals surface area contributed by atoms with Crippen LogP contribution in [0.3, 0.4) is 0 Å². The lowest BCUT2D eigenvalue weighted by molar-refractivity contribution is 0.101. The predicted molar refractivity (Wildman–Crippen MR) is 76.4 cm³/mol. The quantitative estimate of drug-likeness (QED) is 0.615. The third kappa shape index (κ3) is 3.04. The van der Waals surface area contributed by atoms with Crippen LogP contribution >= 0.6 is 46.1 Å². The SMILES string of the molecule is O=C(CCl)c1csc(Cc2c(Cl)cccc2Cl)n1. The Morgan fingerprint density at radius 2 is 1.94 bits per heavy atom. The summed E-state index contributed by atoms with van der Waals surface area (Å²) in [7, 11) is 0. The molecule has 0 saturated heterocycles. The van der Waals surface area contributed by atoms with Crippen LogP contribution in [0.2, 0.25) is 10.0 Å². The van der Waals surface area contributed by atoms with E-state index < -0.39 is 0 Å². The minimum Gasteiger partial charge on any atom is -0.291 e. The molecule has 0 aliphatic heterocycles. The van der Waals surface area contributed by atoms with Crippen molar-refractivity contribution < 1.29 is 4.79 Å². The Kier molecular flexibility index (Phi) is 4.62. The van der Waals surface area contributed by atoms with Crippen LogP contribution < -0.4 is 0 Å². The number of hydrogen-bond donors (Lipinski definition) is 0. The highest BCUT2D eigenvalue weighted by Gasteiger charge is 2.12. The van der Waals surface area contributed by atoms with E-state index in [-0.39, 0.29) is 11.7 Å². The van der Waals surface area contributed by atoms with Gasteiger partial charge in [-0.3, -0.25) is 4.79 Å². The first-order valence-corrected chi connectivity index (χ1v) is 7.25. The number of carbonyl (C=O) groups is 1. The van der Waals surface area contributed by atoms with Gasteiger partial charge in [-0.25, -0.2) is 4.98 Å². The van der Waals surface area contributed by atoms with E-state index in [4.69, 9.17) is 34.8 Å². The van der Waals surface area contributed by atoms with Gasteiger partial charge in [-0.15, -0.1) is 22.9 Å². The van der Waals surface area contributed by atoms with Crippen LogP contribution in [-0.4, -0.2) is 16.6 Å². The van der Waals surface area contributed by atoms with Gasteiger partial charge in [0.15, 0.2) is 5.78 Å². The zero-order valence-electron chi connectivity index (χ0n) is 9.12. The lowest BCUT2D eigenvalue weighted by atomic mass is 10.1. The summed E-state index contributed by atoms with van der Waals surface area (Å²) >= 11 is 19.0. The second-order valence-corrected chi connectivity index (χ2v) is 5.58. The largest absolute Gasteiger partial charge is 0.291 e. The van der Waals surface area contributed by atoms with Crippen LogP contribution in [0.15, 0.2) is 23.6 Å². The molecule has 6 heteroatoms. The number of nitrogens with zero attached hydrogens (tertiary/aromatic N) is 1. The Morgan fingerprint density at radius 3 is 2.56 bits per heavy atom. The maximum absolute atomic E-state index is 11.4. The van der Waals surface area contributed by atoms with Crippen LogP contribution in [0.25, 0.3) is 0 Å². The number of thiazole rings is 1. The minimum absolute atomic E-state index is 0.0595. The van der Waals surface area contributed by atoms with E-state index in [0.29, 0.717) is 22.2 Å². The van der Waals surface area contributed by atoms with Gasteiger partial charge < -0.3 is 0 Å². The molecule has 0 spiro atoms. The van der Waals surface area contributed by atoms with Gasteiger partial charge >= 0.3 is 0 Å². The van der Waals surface area contributed by atoms with Crippen molar-refractivity contribution >= 4 is 51.9 Å². The summed E-state index contributed by atoms with van der Waals surface area (Å²) in [4.78, 5) is 15.6. The molecule has 0 N–H and O–H groups in total. The summed E-state index contributed by atoms with van der Waals surface area (Å²) < 4.78 is 0. The molecule has 0 bridgehead atoms. The molecule has 0 aliphatic carbocycles. The summed E-state index contributed by atoms with van der Waals surface area (Å²) in [5.74, 6) is -0.236. The first-order valence-electron chi connectivity index (χ1n) is 5.08. The highest BCUT2D eigenvalue weighted by atomic mass is 35.5. The molecule has 94 valence electrons. The van der Waals surface area contributed by atoms with Crippen LogP contribution in [0.4, 0.5) is 0 Å². The molecule has 0 atom stereocenters. The predicted octanol–water partition coefficient (Wildman–Crippen LogP) is 4.46. The number of benzene rings is 1. The standard InChI is InChI=1S/C12H8Cl3NOS/c13-5-11(17)10-6-18-12(16-10)4-7-8(14)2-1-3-9(7)15/h1-3,6H,4-5H2. The molecule has 0 saturated carbocycles. The highest BCUT2D eigenvalue weighted by Crippen LogP contribution is 2.27. The molecule has 1 aromatic heterocycles. The van der Waals surface area contributed by atoms with Crippen molar-refractivity contribution in [2.45, 2.75) is 6.42 Å². The number of aromatic nitrogens is 1. The summed E-state index contributed by atoms with van der Waals surface area (Å²) in [5.41, 5.74) is 1.22. The third-order valence-electron chi connectivity index (χ3n) is 2.35. The first kappa shape index (κ1) is 13.8. The van der Waals surface area contributed by atoms with E-state index in [0.717, 1.165) is 10.6 Å². The molecule has 1 aromatic carbocycles. The van der Waals surface area contributed by atoms with Gasteiger partial charge in [-0.05, 0) is 17.7 Å². The van der Waals surface area contributed by atoms with Crippen molar-refractivity contribution in [3.63, 3.8) is 0 Å². The van der Waals surface area contributed by atoms with Crippen LogP contribution in [-0.2, 0) is 6.42 Å². The Bertz CT molecular complexity index is 562. The number of ketones is 1. The van der Waals surface area contributed by atoms with Crippen molar-refractivity contribution in [1.29, 1.82) is 0 Å². The fraction of sp³-hybridized carbons (Fsp3) is 0.167. The Balaban J connectivity index is 2.24. The molecule has 2 rings (SSSR count). The zero-order chi connectivity index (χ0) is 13.1. The topological polar surface area (TPSA) is 30.0 Å². The van der Waals surface area contributed by atoms with Crippen molar-refractivity contribution in [2.75, 3.05) is 5.88 Å². The van der Waals surface area contributed by atoms with Gasteiger partial charge in [-0.1, -0.05) is 29.3 Å². The molecular weight excluding hydrogens is 313 g/mol. The van der Waals surface area contributed by atoms with Crippen LogP contribution in [0.5, 0.6) is 0 Å². The number of alkyl halides is 1. The van der Waals surface area contributed by atoms with Gasteiger partial charge in [0.2, 0.25) is 0 Å². The van der Waals surface area contributed by atoms with Crippen LogP contribution in [0.1, 0.15) is 21.1 Å². The van der Waals surface area contributed by atoms with Crippen molar-refractivity contribution in [1.82, 2.24) is 4.98 Å². The smallest absolute Gasteiger partial charge is 0.196 e. The average molecular weight is 321 g/mol. The third-order valence-corrected chi connectivity index (χ3v) is 4.15. The van der Waals surface area contributed by atoms with Gasteiger partial charge in [0.1, 0.15) is 5.69 Å². The molecule has 1 heterocycles. The first-order chi connectivity index (χ1) is 8.61. The van der Waals surface area contributed by atoms with Crippen molar-refractivity contribution in [2.24, 2.45) is 0 Å². The second kappa shape index (κ2) is 6.02. The highest BCUT2D eigenvalue weighted by molar-refractivity contribution is 7.09. The Labute approximate surface area is 124 Å². The Morgan fingerprint density at radius 1 is 1.28 bits per heavy atom. The van der Waals surface area contributed by atoms with Gasteiger partial charge in [0.05, 0.1) is 10.9 Å². The van der Waals surface area contributed by atoms with Crippen molar-refractivity contribution in [3.8, 4) is 0 Å². The Hall–Kier alpha value is -0.610. The molecule has 18 heavy (non-hydrogen) atoms. The van der Waals surface area contributed by atoms with E-state index in [1.54, 1.807) is 23.6 Å². The summed E-state index contributed by atoms with van der Waals surface area (Å²) in [6.07, 6.45) is 0.513. The van der Waals surface area contributed by atoms with Gasteiger partial charge in [0, 0.05) is 21.8 Å². The molecule has 0 radical (unpaired) electrons. The van der Waals surface area contributed by atoms with E-state index in [1.165, 1.54) is 11.3 Å². The van der Waals surface area contributed by atoms with E-state index in [2.05, 4.69) is 4.98 Å². The fourth-order valence-corrected chi connectivity index (χ4v) is 2.92. The molecule has 0 unspecified atom stereocenters. The number of rotatable bonds is 4. The van der Waals surface area contributed by atoms with E-state index >= 15 is 0 Å². The molecule has 0 amide bonds. The normalized spacial score (nSPS) is 10.6. The van der Waals surface area contributed by atoms with E-state index in [9.17, 15) is 4.79 Å². The monoisotopic (exact) mass is 319 g/mol. The fourth-order valence-electron chi connectivity index (χ4n) is 1.44. The second-order valence-electron chi connectivity index (χ2n) is 3.56. The van der Waals surface area contributed by atoms with Gasteiger partial charge in [0.25, 0.3) is 0 Å². The molecule has 2 nitrogen and oxygen atoms in total. The number of Topliss-reactive ketones (excluding diaryl/α,β-unsaturated/α-hetero) is 1. The van der Waals surface area contributed by atoms with Crippen LogP contribution in [0, 0.1) is 0 Å². The molecule has 0 aliphatic rings. The van der Waals surface area contributed by atoms with Crippen molar-refractivity contribution in [3.05, 3.63) is 49.9 Å². The lowest BCUT2D eigenvalue weighted by Gasteiger charge is -2.04. The summed E-state index contributed by atoms with van der Waals surface area (Å²) in [6.45, 7) is 0. The average Bonchev–Trinajstić information content (AvgIpc) is 2.81. The number of hydrogen-bond acceptors (Lipinski definition) is 3.